The predicted molar refractivity (Wildman–Crippen MR) is 230 cm³/mol. The molecule has 3 aromatic rings. The van der Waals surface area contributed by atoms with Crippen LogP contribution in [0, 0.1) is 42.3 Å². The van der Waals surface area contributed by atoms with Gasteiger partial charge in [-0.2, -0.15) is 0 Å². The summed E-state index contributed by atoms with van der Waals surface area (Å²) in [5.74, 6) is -6.47. The van der Waals surface area contributed by atoms with Crippen LogP contribution in [-0.2, 0) is 43.1 Å². The molecule has 3 aromatic carbocycles. The van der Waals surface area contributed by atoms with Crippen LogP contribution < -0.4 is 27.0 Å². The molecule has 2 unspecified atom stereocenters. The largest absolute Gasteiger partial charge is 0.465 e. The Morgan fingerprint density at radius 2 is 1.02 bits per heavy atom. The maximum Gasteiger partial charge on any atom is 0.411 e. The Morgan fingerprint density at radius 3 is 1.36 bits per heavy atom. The molecule has 64 heavy (non-hydrogen) atoms. The molecular formula is C46H56FN7O10. The maximum absolute atomic E-state index is 15.6. The van der Waals surface area contributed by atoms with E-state index in [9.17, 15) is 39.6 Å². The third-order valence-electron chi connectivity index (χ3n) is 15.1. The van der Waals surface area contributed by atoms with Crippen molar-refractivity contribution in [2.45, 2.75) is 103 Å². The van der Waals surface area contributed by atoms with Crippen molar-refractivity contribution in [1.29, 1.82) is 0 Å². The molecule has 17 nitrogen and oxygen atoms in total. The summed E-state index contributed by atoms with van der Waals surface area (Å²) in [7, 11) is 0. The highest BCUT2D eigenvalue weighted by Crippen LogP contribution is 2.58. The van der Waals surface area contributed by atoms with Crippen molar-refractivity contribution in [3.63, 3.8) is 0 Å². The molecule has 0 spiro atoms. The maximum atomic E-state index is 15.6. The smallest absolute Gasteiger partial charge is 0.411 e. The summed E-state index contributed by atoms with van der Waals surface area (Å²) in [4.78, 5) is 87.6. The van der Waals surface area contributed by atoms with Crippen molar-refractivity contribution in [3.05, 3.63) is 99.9 Å². The van der Waals surface area contributed by atoms with Gasteiger partial charge in [0.1, 0.15) is 29.2 Å². The highest BCUT2D eigenvalue weighted by atomic mass is 19.1. The van der Waals surface area contributed by atoms with E-state index >= 15 is 14.0 Å². The first kappa shape index (κ1) is 46.1. The number of amides is 6. The second kappa shape index (κ2) is 16.2. The summed E-state index contributed by atoms with van der Waals surface area (Å²) in [5.41, 5.74) is 7.57. The Morgan fingerprint density at radius 1 is 0.641 bits per heavy atom. The average Bonchev–Trinajstić information content (AvgIpc) is 3.77. The van der Waals surface area contributed by atoms with Crippen LogP contribution >= 0.6 is 0 Å². The van der Waals surface area contributed by atoms with E-state index in [2.05, 4.69) is 10.6 Å². The van der Waals surface area contributed by atoms with Gasteiger partial charge in [0.2, 0.25) is 11.8 Å². The standard InChI is InChI=1S/C46H56FN7O10/c1-23-24(2)32(16-15-31(23)47)54(37-33(55)17-19-52(37)45(39(59)50-41(61)62)27-11-7-25(8-12-27)21-29(35(48)57)43(45,3)4)38-34(56)18-20-53(38)46(40(60)51-42(63)64)28-13-9-26(10-14-28)22-30(36(49)58)44(46,5)6/h7-16,29-30,33-34,37-38,55-56H,17-22H2,1-6H3,(H2,48,57)(H2,49,58)(H,50,59)(H,51,60)(H,61,62)(H,63,64)/t29?,30?,33-,34-,37-,38-,45-,46-/m0/s1. The van der Waals surface area contributed by atoms with E-state index < -0.39 is 99.9 Å². The molecular weight excluding hydrogens is 830 g/mol. The normalized spacial score (nSPS) is 29.5. The molecule has 4 bridgehead atoms. The van der Waals surface area contributed by atoms with Gasteiger partial charge in [0.05, 0.1) is 12.2 Å². The molecule has 9 rings (SSSR count). The number of hydrogen-bond donors (Lipinski definition) is 8. The number of carbonyl (C=O) groups excluding carboxylic acids is 4. The minimum Gasteiger partial charge on any atom is -0.465 e. The van der Waals surface area contributed by atoms with E-state index in [4.69, 9.17) is 11.5 Å². The molecule has 6 aliphatic rings. The number of fused-ring (bicyclic) bond motifs is 10. The van der Waals surface area contributed by atoms with E-state index in [1.165, 1.54) is 19.1 Å². The Labute approximate surface area is 369 Å². The molecule has 342 valence electrons. The highest BCUT2D eigenvalue weighted by molar-refractivity contribution is 6.00. The zero-order valence-electron chi connectivity index (χ0n) is 36.6. The van der Waals surface area contributed by atoms with Gasteiger partial charge in [0.25, 0.3) is 11.8 Å². The number of imide groups is 2. The van der Waals surface area contributed by atoms with Crippen molar-refractivity contribution in [2.75, 3.05) is 18.0 Å². The number of nitrogens with zero attached hydrogens (tertiary/aromatic N) is 3. The Balaban J connectivity index is 1.59. The quantitative estimate of drug-likeness (QED) is 0.154. The molecule has 4 aliphatic carbocycles. The average molecular weight is 886 g/mol. The summed E-state index contributed by atoms with van der Waals surface area (Å²) < 4.78 is 15.6. The minimum atomic E-state index is -2.15. The molecule has 2 saturated heterocycles. The fourth-order valence-electron chi connectivity index (χ4n) is 11.9. The number of aliphatic hydroxyl groups excluding tert-OH is 2. The third-order valence-corrected chi connectivity index (χ3v) is 15.1. The van der Waals surface area contributed by atoms with E-state index in [0.717, 1.165) is 11.1 Å². The first-order valence-corrected chi connectivity index (χ1v) is 21.3. The highest BCUT2D eigenvalue weighted by Gasteiger charge is 2.68. The number of likely N-dealkylation sites (tertiary alicyclic amines) is 2. The van der Waals surface area contributed by atoms with Crippen molar-refractivity contribution in [3.8, 4) is 0 Å². The second-order valence-electron chi connectivity index (χ2n) is 18.7. The number of hydrogen-bond acceptors (Lipinski definition) is 11. The Hall–Kier alpha value is -5.95. The lowest BCUT2D eigenvalue weighted by Crippen LogP contribution is -2.75. The molecule has 2 fully saturated rings. The van der Waals surface area contributed by atoms with Crippen molar-refractivity contribution < 1.29 is 53.6 Å². The van der Waals surface area contributed by atoms with Gasteiger partial charge >= 0.3 is 12.2 Å². The van der Waals surface area contributed by atoms with Gasteiger partial charge in [-0.15, -0.1) is 0 Å². The number of benzene rings is 3. The molecule has 6 amide bonds. The SMILES string of the molecule is Cc1c(F)ccc(N([C@H]2[C@@H](O)CCN2[C@]2(C(=O)NC(=O)O)c3ccc(cc3)CC(C(N)=O)C2(C)C)[C@H]2[C@@H](O)CCN2[C@]2(C(=O)NC(=O)O)c3ccc(cc3)CC(C(N)=O)C2(C)C)c1C. The zero-order valence-corrected chi connectivity index (χ0v) is 36.6. The van der Waals surface area contributed by atoms with Crippen molar-refractivity contribution >= 4 is 41.5 Å². The topological polar surface area (TPSA) is 269 Å². The molecule has 0 saturated carbocycles. The number of aliphatic hydroxyl groups is 2. The second-order valence-corrected chi connectivity index (χ2v) is 18.7. The minimum absolute atomic E-state index is 0.0535. The van der Waals surface area contributed by atoms with Gasteiger partial charge in [-0.05, 0) is 85.0 Å². The Kier molecular flexibility index (Phi) is 11.7. The number of primary amides is 2. The van der Waals surface area contributed by atoms with Crippen LogP contribution in [0.25, 0.3) is 0 Å². The number of carboxylic acid groups (broad SMARTS) is 2. The summed E-state index contributed by atoms with van der Waals surface area (Å²) >= 11 is 0. The number of nitrogens with two attached hydrogens (primary N) is 2. The van der Waals surface area contributed by atoms with Crippen LogP contribution in [-0.4, -0.2) is 104 Å². The van der Waals surface area contributed by atoms with E-state index in [-0.39, 0.29) is 61.2 Å². The van der Waals surface area contributed by atoms with Crippen LogP contribution in [0.1, 0.15) is 73.9 Å². The molecule has 0 aromatic heterocycles. The fourth-order valence-corrected chi connectivity index (χ4v) is 11.9. The van der Waals surface area contributed by atoms with Gasteiger partial charge in [-0.3, -0.25) is 39.6 Å². The number of rotatable bonds is 9. The number of anilines is 1. The van der Waals surface area contributed by atoms with Gasteiger partial charge in [-0.1, -0.05) is 76.2 Å². The van der Waals surface area contributed by atoms with Gasteiger partial charge in [-0.25, -0.2) is 14.0 Å². The first-order chi connectivity index (χ1) is 30.0. The molecule has 0 radical (unpaired) electrons. The van der Waals surface area contributed by atoms with Crippen LogP contribution in [0.4, 0.5) is 19.7 Å². The van der Waals surface area contributed by atoms with Crippen LogP contribution in [0.5, 0.6) is 0 Å². The van der Waals surface area contributed by atoms with E-state index in [0.29, 0.717) is 5.56 Å². The Bertz CT molecular complexity index is 2270. The lowest BCUT2D eigenvalue weighted by Gasteiger charge is -2.60. The molecule has 2 aliphatic heterocycles. The molecule has 10 N–H and O–H groups in total. The third kappa shape index (κ3) is 6.71. The van der Waals surface area contributed by atoms with E-state index in [1.54, 1.807) is 97.8 Å². The zero-order chi connectivity index (χ0) is 47.0. The van der Waals surface area contributed by atoms with Crippen molar-refractivity contribution in [1.82, 2.24) is 20.4 Å². The van der Waals surface area contributed by atoms with Crippen LogP contribution in [0.2, 0.25) is 0 Å². The molecule has 18 heteroatoms. The molecule has 2 heterocycles. The number of halogens is 1. The summed E-state index contributed by atoms with van der Waals surface area (Å²) in [6, 6.07) is 16.1. The van der Waals surface area contributed by atoms with Gasteiger partial charge < -0.3 is 36.8 Å². The lowest BCUT2D eigenvalue weighted by atomic mass is 9.57. The monoisotopic (exact) mass is 885 g/mol. The summed E-state index contributed by atoms with van der Waals surface area (Å²) in [5, 5.41) is 49.7. The number of carbonyl (C=O) groups is 6. The van der Waals surface area contributed by atoms with E-state index in [1.807, 2.05) is 0 Å². The fraction of sp³-hybridized carbons (Fsp3) is 0.478. The lowest BCUT2D eigenvalue weighted by molar-refractivity contribution is -0.158. The number of nitrogens with one attached hydrogen (secondary N) is 2. The van der Waals surface area contributed by atoms with Crippen molar-refractivity contribution in [2.24, 2.45) is 34.1 Å². The summed E-state index contributed by atoms with van der Waals surface area (Å²) in [6.07, 6.45) is -9.16. The molecule has 8 atom stereocenters. The first-order valence-electron chi connectivity index (χ1n) is 21.3. The summed E-state index contributed by atoms with van der Waals surface area (Å²) in [6.45, 7) is 9.45. The van der Waals surface area contributed by atoms with Crippen LogP contribution in [0.3, 0.4) is 0 Å². The van der Waals surface area contributed by atoms with Gasteiger partial charge in [0.15, 0.2) is 0 Å². The van der Waals surface area contributed by atoms with Crippen LogP contribution in [0.15, 0.2) is 60.7 Å². The predicted octanol–water partition coefficient (Wildman–Crippen LogP) is 2.78. The van der Waals surface area contributed by atoms with Gasteiger partial charge in [0, 0.05) is 41.4 Å².